The van der Waals surface area contributed by atoms with Gasteiger partial charge in [0, 0.05) is 31.4 Å². The number of nitrogens with one attached hydrogen (secondary N) is 2. The molecule has 0 saturated carbocycles. The standard InChI is InChI=1S/C19H24FN5S/c1-13-4-3-9-25(12-13)17-10-14(2)22-18(23-17)24-19(26)21-11-15-5-7-16(20)8-6-15/h5-8,10,13H,3-4,9,11-12H2,1-2H3,(H2,21,22,23,24,26)/t13-/m0/s1. The molecular weight excluding hydrogens is 349 g/mol. The number of aryl methyl sites for hydroxylation is 1. The van der Waals surface area contributed by atoms with Crippen molar-refractivity contribution in [3.05, 3.63) is 47.4 Å². The van der Waals surface area contributed by atoms with Gasteiger partial charge in [0.2, 0.25) is 5.95 Å². The molecule has 2 N–H and O–H groups in total. The summed E-state index contributed by atoms with van der Waals surface area (Å²) in [5.41, 5.74) is 1.85. The Labute approximate surface area is 159 Å². The number of halogens is 1. The minimum atomic E-state index is -0.248. The highest BCUT2D eigenvalue weighted by atomic mass is 32.1. The van der Waals surface area contributed by atoms with Gasteiger partial charge >= 0.3 is 0 Å². The molecule has 0 aliphatic carbocycles. The van der Waals surface area contributed by atoms with Gasteiger partial charge in [0.05, 0.1) is 0 Å². The highest BCUT2D eigenvalue weighted by Crippen LogP contribution is 2.22. The number of rotatable bonds is 4. The summed E-state index contributed by atoms with van der Waals surface area (Å²) in [5.74, 6) is 1.86. The van der Waals surface area contributed by atoms with Gasteiger partial charge in [-0.05, 0) is 55.6 Å². The largest absolute Gasteiger partial charge is 0.358 e. The van der Waals surface area contributed by atoms with Gasteiger partial charge in [-0.25, -0.2) is 9.37 Å². The van der Waals surface area contributed by atoms with Gasteiger partial charge in [0.15, 0.2) is 5.11 Å². The first kappa shape index (κ1) is 18.5. The van der Waals surface area contributed by atoms with Crippen LogP contribution in [0.15, 0.2) is 30.3 Å². The summed E-state index contributed by atoms with van der Waals surface area (Å²) in [5, 5.41) is 6.59. The molecular formula is C19H24FN5S. The van der Waals surface area contributed by atoms with Gasteiger partial charge in [-0.1, -0.05) is 19.1 Å². The zero-order valence-electron chi connectivity index (χ0n) is 15.1. The number of hydrogen-bond acceptors (Lipinski definition) is 4. The molecule has 0 spiro atoms. The fraction of sp³-hybridized carbons (Fsp3) is 0.421. The molecule has 7 heteroatoms. The van der Waals surface area contributed by atoms with Gasteiger partial charge in [-0.15, -0.1) is 0 Å². The van der Waals surface area contributed by atoms with E-state index in [0.717, 1.165) is 30.2 Å². The summed E-state index contributed by atoms with van der Waals surface area (Å²) < 4.78 is 12.9. The smallest absolute Gasteiger partial charge is 0.231 e. The van der Waals surface area contributed by atoms with Crippen LogP contribution < -0.4 is 15.5 Å². The molecule has 3 rings (SSSR count). The molecule has 0 radical (unpaired) electrons. The Balaban J connectivity index is 1.61. The zero-order chi connectivity index (χ0) is 18.5. The van der Waals surface area contributed by atoms with Crippen molar-refractivity contribution in [2.45, 2.75) is 33.2 Å². The minimum absolute atomic E-state index is 0.248. The van der Waals surface area contributed by atoms with Crippen LogP contribution in [0, 0.1) is 18.7 Å². The molecule has 5 nitrogen and oxygen atoms in total. The van der Waals surface area contributed by atoms with Crippen LogP contribution >= 0.6 is 12.2 Å². The van der Waals surface area contributed by atoms with Gasteiger partial charge in [-0.3, -0.25) is 0 Å². The van der Waals surface area contributed by atoms with E-state index >= 15 is 0 Å². The van der Waals surface area contributed by atoms with E-state index in [1.807, 2.05) is 13.0 Å². The average Bonchev–Trinajstić information content (AvgIpc) is 2.61. The lowest BCUT2D eigenvalue weighted by atomic mass is 10.0. The van der Waals surface area contributed by atoms with E-state index in [4.69, 9.17) is 12.2 Å². The molecule has 0 bridgehead atoms. The minimum Gasteiger partial charge on any atom is -0.358 e. The van der Waals surface area contributed by atoms with E-state index in [0.29, 0.717) is 23.5 Å². The van der Waals surface area contributed by atoms with Crippen molar-refractivity contribution in [3.8, 4) is 0 Å². The Hall–Kier alpha value is -2.28. The maximum Gasteiger partial charge on any atom is 0.231 e. The molecule has 0 unspecified atom stereocenters. The quantitative estimate of drug-likeness (QED) is 0.798. The number of benzene rings is 1. The number of nitrogens with zero attached hydrogens (tertiary/aromatic N) is 3. The van der Waals surface area contributed by atoms with E-state index < -0.39 is 0 Å². The van der Waals surface area contributed by atoms with Crippen LogP contribution in [0.3, 0.4) is 0 Å². The van der Waals surface area contributed by atoms with Crippen molar-refractivity contribution < 1.29 is 4.39 Å². The molecule has 0 amide bonds. The summed E-state index contributed by atoms with van der Waals surface area (Å²) in [6.45, 7) is 6.78. The first-order chi connectivity index (χ1) is 12.5. The number of aromatic nitrogens is 2. The van der Waals surface area contributed by atoms with Crippen molar-refractivity contribution >= 4 is 29.1 Å². The van der Waals surface area contributed by atoms with Crippen LogP contribution in [0.4, 0.5) is 16.2 Å². The Bertz CT molecular complexity index is 765. The third-order valence-corrected chi connectivity index (χ3v) is 4.66. The van der Waals surface area contributed by atoms with Gasteiger partial charge in [0.25, 0.3) is 0 Å². The van der Waals surface area contributed by atoms with Gasteiger partial charge < -0.3 is 15.5 Å². The molecule has 2 heterocycles. The summed E-state index contributed by atoms with van der Waals surface area (Å²) in [6.07, 6.45) is 2.45. The molecule has 26 heavy (non-hydrogen) atoms. The number of hydrogen-bond donors (Lipinski definition) is 2. The average molecular weight is 374 g/mol. The van der Waals surface area contributed by atoms with Crippen LogP contribution in [0.1, 0.15) is 31.0 Å². The van der Waals surface area contributed by atoms with Crippen LogP contribution in [0.5, 0.6) is 0 Å². The van der Waals surface area contributed by atoms with Crippen LogP contribution in [-0.4, -0.2) is 28.2 Å². The fourth-order valence-corrected chi connectivity index (χ4v) is 3.26. The number of thiocarbonyl (C=S) groups is 1. The van der Waals surface area contributed by atoms with E-state index in [1.54, 1.807) is 12.1 Å². The first-order valence-corrected chi connectivity index (χ1v) is 9.30. The molecule has 138 valence electrons. The van der Waals surface area contributed by atoms with Crippen molar-refractivity contribution in [2.75, 3.05) is 23.3 Å². The molecule has 1 aliphatic rings. The van der Waals surface area contributed by atoms with E-state index in [2.05, 4.69) is 32.4 Å². The third kappa shape index (κ3) is 5.11. The lowest BCUT2D eigenvalue weighted by molar-refractivity contribution is 0.444. The Kier molecular flexibility index (Phi) is 5.98. The second-order valence-corrected chi connectivity index (χ2v) is 7.23. The van der Waals surface area contributed by atoms with Crippen LogP contribution in [-0.2, 0) is 6.54 Å². The second-order valence-electron chi connectivity index (χ2n) is 6.82. The molecule has 1 aliphatic heterocycles. The Morgan fingerprint density at radius 2 is 2.08 bits per heavy atom. The van der Waals surface area contributed by atoms with E-state index in [1.165, 1.54) is 25.0 Å². The summed E-state index contributed by atoms with van der Waals surface area (Å²) in [7, 11) is 0. The van der Waals surface area contributed by atoms with Crippen molar-refractivity contribution in [2.24, 2.45) is 5.92 Å². The molecule has 1 aromatic heterocycles. The van der Waals surface area contributed by atoms with Crippen LogP contribution in [0.2, 0.25) is 0 Å². The second kappa shape index (κ2) is 8.40. The number of anilines is 2. The maximum absolute atomic E-state index is 12.9. The van der Waals surface area contributed by atoms with E-state index in [9.17, 15) is 4.39 Å². The van der Waals surface area contributed by atoms with Gasteiger partial charge in [0.1, 0.15) is 11.6 Å². The monoisotopic (exact) mass is 373 g/mol. The molecule has 2 aromatic rings. The van der Waals surface area contributed by atoms with Crippen molar-refractivity contribution in [1.82, 2.24) is 15.3 Å². The number of piperidine rings is 1. The highest BCUT2D eigenvalue weighted by molar-refractivity contribution is 7.80. The van der Waals surface area contributed by atoms with Gasteiger partial charge in [-0.2, -0.15) is 4.98 Å². The first-order valence-electron chi connectivity index (χ1n) is 8.89. The molecule has 1 aromatic carbocycles. The molecule has 1 saturated heterocycles. The zero-order valence-corrected chi connectivity index (χ0v) is 15.9. The SMILES string of the molecule is Cc1cc(N2CCC[C@H](C)C2)nc(NC(=S)NCc2ccc(F)cc2)n1. The summed E-state index contributed by atoms with van der Waals surface area (Å²) >= 11 is 5.33. The van der Waals surface area contributed by atoms with Crippen molar-refractivity contribution in [1.29, 1.82) is 0 Å². The van der Waals surface area contributed by atoms with Crippen LogP contribution in [0.25, 0.3) is 0 Å². The third-order valence-electron chi connectivity index (χ3n) is 4.41. The predicted molar refractivity (Wildman–Crippen MR) is 107 cm³/mol. The predicted octanol–water partition coefficient (Wildman–Crippen LogP) is 3.65. The van der Waals surface area contributed by atoms with Crippen molar-refractivity contribution in [3.63, 3.8) is 0 Å². The lowest BCUT2D eigenvalue weighted by Gasteiger charge is -2.32. The Morgan fingerprint density at radius 3 is 2.81 bits per heavy atom. The Morgan fingerprint density at radius 1 is 1.31 bits per heavy atom. The lowest BCUT2D eigenvalue weighted by Crippen LogP contribution is -2.35. The normalized spacial score (nSPS) is 17.0. The molecule has 1 atom stereocenters. The molecule has 1 fully saturated rings. The summed E-state index contributed by atoms with van der Waals surface area (Å²) in [6, 6.07) is 8.33. The summed E-state index contributed by atoms with van der Waals surface area (Å²) in [4.78, 5) is 11.4. The maximum atomic E-state index is 12.9. The highest BCUT2D eigenvalue weighted by Gasteiger charge is 2.18. The van der Waals surface area contributed by atoms with E-state index in [-0.39, 0.29) is 5.82 Å². The topological polar surface area (TPSA) is 53.1 Å². The fourth-order valence-electron chi connectivity index (χ4n) is 3.10.